The zero-order valence-electron chi connectivity index (χ0n) is 11.0. The monoisotopic (exact) mass is 225 g/mol. The molecule has 2 aromatic rings. The summed E-state index contributed by atoms with van der Waals surface area (Å²) in [7, 11) is 0. The Morgan fingerprint density at radius 2 is 1.41 bits per heavy atom. The number of anilines is 2. The second kappa shape index (κ2) is 4.62. The third-order valence-electron chi connectivity index (χ3n) is 3.40. The summed E-state index contributed by atoms with van der Waals surface area (Å²) in [6.45, 7) is 8.69. The van der Waals surface area contributed by atoms with Crippen LogP contribution in [0.5, 0.6) is 0 Å². The van der Waals surface area contributed by atoms with Crippen LogP contribution in [-0.4, -0.2) is 0 Å². The molecule has 0 amide bonds. The van der Waals surface area contributed by atoms with Gasteiger partial charge in [-0.1, -0.05) is 24.3 Å². The number of nitrogens with one attached hydrogen (secondary N) is 1. The summed E-state index contributed by atoms with van der Waals surface area (Å²) in [6.07, 6.45) is 0. The van der Waals surface area contributed by atoms with Crippen LogP contribution in [0.25, 0.3) is 0 Å². The fourth-order valence-electron chi connectivity index (χ4n) is 2.14. The van der Waals surface area contributed by atoms with E-state index in [4.69, 9.17) is 0 Å². The van der Waals surface area contributed by atoms with Gasteiger partial charge in [-0.3, -0.25) is 0 Å². The first-order chi connectivity index (χ1) is 8.09. The molecule has 0 aliphatic heterocycles. The molecular formula is C16H19N. The zero-order valence-corrected chi connectivity index (χ0v) is 11.0. The van der Waals surface area contributed by atoms with E-state index in [1.54, 1.807) is 0 Å². The molecule has 0 aliphatic carbocycles. The van der Waals surface area contributed by atoms with Crippen molar-refractivity contribution in [3.63, 3.8) is 0 Å². The van der Waals surface area contributed by atoms with E-state index in [9.17, 15) is 0 Å². The van der Waals surface area contributed by atoms with Gasteiger partial charge < -0.3 is 5.32 Å². The number of aryl methyl sites for hydroxylation is 2. The van der Waals surface area contributed by atoms with E-state index in [1.165, 1.54) is 27.9 Å². The third-order valence-corrected chi connectivity index (χ3v) is 3.40. The minimum Gasteiger partial charge on any atom is -0.355 e. The van der Waals surface area contributed by atoms with Crippen LogP contribution in [0.15, 0.2) is 36.4 Å². The van der Waals surface area contributed by atoms with Gasteiger partial charge >= 0.3 is 0 Å². The van der Waals surface area contributed by atoms with Gasteiger partial charge in [0, 0.05) is 11.4 Å². The molecule has 0 atom stereocenters. The van der Waals surface area contributed by atoms with E-state index in [-0.39, 0.29) is 0 Å². The van der Waals surface area contributed by atoms with Crippen LogP contribution < -0.4 is 5.32 Å². The molecule has 0 spiro atoms. The second-order valence-corrected chi connectivity index (χ2v) is 4.63. The molecule has 0 heterocycles. The molecule has 2 rings (SSSR count). The van der Waals surface area contributed by atoms with Crippen LogP contribution in [0.2, 0.25) is 0 Å². The average molecular weight is 225 g/mol. The number of hydrogen-bond donors (Lipinski definition) is 1. The van der Waals surface area contributed by atoms with Crippen LogP contribution in [0.3, 0.4) is 0 Å². The van der Waals surface area contributed by atoms with Crippen molar-refractivity contribution in [3.05, 3.63) is 58.7 Å². The Morgan fingerprint density at radius 1 is 0.765 bits per heavy atom. The van der Waals surface area contributed by atoms with Crippen LogP contribution in [0, 0.1) is 27.7 Å². The molecule has 0 radical (unpaired) electrons. The molecule has 1 heteroatoms. The molecule has 0 bridgehead atoms. The van der Waals surface area contributed by atoms with Crippen molar-refractivity contribution < 1.29 is 0 Å². The van der Waals surface area contributed by atoms with E-state index < -0.39 is 0 Å². The lowest BCUT2D eigenvalue weighted by atomic mass is 9.98. The fraction of sp³-hybridized carbons (Fsp3) is 0.250. The Labute approximate surface area is 103 Å². The Balaban J connectivity index is 2.43. The number of para-hydroxylation sites is 1. The van der Waals surface area contributed by atoms with Gasteiger partial charge in [0.25, 0.3) is 0 Å². The molecule has 88 valence electrons. The Hall–Kier alpha value is -1.76. The number of hydrogen-bond acceptors (Lipinski definition) is 1. The van der Waals surface area contributed by atoms with Crippen LogP contribution in [-0.2, 0) is 0 Å². The minimum atomic E-state index is 1.14. The van der Waals surface area contributed by atoms with Gasteiger partial charge in [0.1, 0.15) is 0 Å². The predicted molar refractivity (Wildman–Crippen MR) is 75.1 cm³/mol. The first kappa shape index (κ1) is 11.7. The van der Waals surface area contributed by atoms with Crippen LogP contribution in [0.4, 0.5) is 11.4 Å². The topological polar surface area (TPSA) is 12.0 Å². The molecule has 0 saturated carbocycles. The molecule has 17 heavy (non-hydrogen) atoms. The summed E-state index contributed by atoms with van der Waals surface area (Å²) in [6, 6.07) is 12.6. The highest BCUT2D eigenvalue weighted by atomic mass is 14.9. The molecule has 0 aliphatic rings. The van der Waals surface area contributed by atoms with Gasteiger partial charge in [-0.25, -0.2) is 0 Å². The molecule has 0 unspecified atom stereocenters. The van der Waals surface area contributed by atoms with Crippen molar-refractivity contribution in [1.29, 1.82) is 0 Å². The SMILES string of the molecule is Cc1cc(C)c(Nc2ccccc2)c(C)c1C. The molecule has 0 saturated heterocycles. The Morgan fingerprint density at radius 3 is 2.06 bits per heavy atom. The van der Waals surface area contributed by atoms with E-state index in [0.717, 1.165) is 5.69 Å². The first-order valence-corrected chi connectivity index (χ1v) is 5.99. The summed E-state index contributed by atoms with van der Waals surface area (Å²) in [4.78, 5) is 0. The van der Waals surface area contributed by atoms with E-state index in [0.29, 0.717) is 0 Å². The third kappa shape index (κ3) is 2.33. The summed E-state index contributed by atoms with van der Waals surface area (Å²) in [5.41, 5.74) is 7.75. The maximum absolute atomic E-state index is 3.51. The molecule has 0 aromatic heterocycles. The maximum Gasteiger partial charge on any atom is 0.0446 e. The standard InChI is InChI=1S/C16H19N/c1-11-10-12(2)16(14(4)13(11)3)17-15-8-6-5-7-9-15/h5-10,17H,1-4H3. The van der Waals surface area contributed by atoms with Gasteiger partial charge in [-0.2, -0.15) is 0 Å². The largest absolute Gasteiger partial charge is 0.355 e. The number of rotatable bonds is 2. The number of benzene rings is 2. The van der Waals surface area contributed by atoms with Gasteiger partial charge in [0.2, 0.25) is 0 Å². The van der Waals surface area contributed by atoms with Crippen molar-refractivity contribution >= 4 is 11.4 Å². The van der Waals surface area contributed by atoms with Gasteiger partial charge in [-0.05, 0) is 62.1 Å². The van der Waals surface area contributed by atoms with Crippen molar-refractivity contribution in [1.82, 2.24) is 0 Å². The van der Waals surface area contributed by atoms with Gasteiger partial charge in [0.15, 0.2) is 0 Å². The lowest BCUT2D eigenvalue weighted by Crippen LogP contribution is -1.99. The summed E-state index contributed by atoms with van der Waals surface area (Å²) in [5, 5.41) is 3.51. The van der Waals surface area contributed by atoms with E-state index in [2.05, 4.69) is 51.2 Å². The van der Waals surface area contributed by atoms with Crippen molar-refractivity contribution in [2.24, 2.45) is 0 Å². The normalized spacial score (nSPS) is 10.4. The van der Waals surface area contributed by atoms with Gasteiger partial charge in [-0.15, -0.1) is 0 Å². The average Bonchev–Trinajstić information content (AvgIpc) is 2.33. The molecule has 1 N–H and O–H groups in total. The maximum atomic E-state index is 3.51. The summed E-state index contributed by atoms with van der Waals surface area (Å²) >= 11 is 0. The first-order valence-electron chi connectivity index (χ1n) is 5.99. The minimum absolute atomic E-state index is 1.14. The summed E-state index contributed by atoms with van der Waals surface area (Å²) < 4.78 is 0. The lowest BCUT2D eigenvalue weighted by Gasteiger charge is -2.16. The molecule has 2 aromatic carbocycles. The quantitative estimate of drug-likeness (QED) is 0.783. The zero-order chi connectivity index (χ0) is 12.4. The Kier molecular flexibility index (Phi) is 3.19. The van der Waals surface area contributed by atoms with Gasteiger partial charge in [0.05, 0.1) is 0 Å². The van der Waals surface area contributed by atoms with E-state index >= 15 is 0 Å². The lowest BCUT2D eigenvalue weighted by molar-refractivity contribution is 1.23. The highest BCUT2D eigenvalue weighted by Gasteiger charge is 2.07. The van der Waals surface area contributed by atoms with Crippen molar-refractivity contribution in [2.75, 3.05) is 5.32 Å². The highest BCUT2D eigenvalue weighted by molar-refractivity contribution is 5.68. The second-order valence-electron chi connectivity index (χ2n) is 4.63. The molecule has 0 fully saturated rings. The molecular weight excluding hydrogens is 206 g/mol. The fourth-order valence-corrected chi connectivity index (χ4v) is 2.14. The van der Waals surface area contributed by atoms with Crippen LogP contribution in [0.1, 0.15) is 22.3 Å². The van der Waals surface area contributed by atoms with Crippen LogP contribution >= 0.6 is 0 Å². The van der Waals surface area contributed by atoms with Crippen molar-refractivity contribution in [3.8, 4) is 0 Å². The van der Waals surface area contributed by atoms with Crippen molar-refractivity contribution in [2.45, 2.75) is 27.7 Å². The highest BCUT2D eigenvalue weighted by Crippen LogP contribution is 2.28. The Bertz CT molecular complexity index is 527. The van der Waals surface area contributed by atoms with E-state index in [1.807, 2.05) is 18.2 Å². The smallest absolute Gasteiger partial charge is 0.0446 e. The molecule has 1 nitrogen and oxygen atoms in total. The predicted octanol–water partition coefficient (Wildman–Crippen LogP) is 4.66. The summed E-state index contributed by atoms with van der Waals surface area (Å²) in [5.74, 6) is 0.